The van der Waals surface area contributed by atoms with Gasteiger partial charge >= 0.3 is 6.09 Å². The maximum atomic E-state index is 12.8. The minimum absolute atomic E-state index is 0.00324. The molecule has 1 amide bonds. The van der Waals surface area contributed by atoms with Gasteiger partial charge in [-0.3, -0.25) is 4.90 Å². The molecule has 0 N–H and O–H groups in total. The Balaban J connectivity index is 2.10. The van der Waals surface area contributed by atoms with Crippen molar-refractivity contribution in [1.82, 2.24) is 0 Å². The fourth-order valence-electron chi connectivity index (χ4n) is 2.49. The van der Waals surface area contributed by atoms with Crippen molar-refractivity contribution in [3.8, 4) is 11.5 Å². The minimum atomic E-state index is -0.463. The lowest BCUT2D eigenvalue weighted by atomic mass is 10.2. The third-order valence-corrected chi connectivity index (χ3v) is 4.19. The smallest absolute Gasteiger partial charge is 0.420 e. The Hall–Kier alpha value is -2.57. The third kappa shape index (κ3) is 5.98. The number of benzene rings is 2. The number of amides is 1. The summed E-state index contributed by atoms with van der Waals surface area (Å²) in [5, 5.41) is 0. The lowest BCUT2D eigenvalue weighted by molar-refractivity contribution is -0.121. The molecule has 0 saturated carbocycles. The van der Waals surface area contributed by atoms with Crippen LogP contribution in [0.3, 0.4) is 0 Å². The summed E-state index contributed by atoms with van der Waals surface area (Å²) in [4.78, 5) is 14.5. The van der Waals surface area contributed by atoms with Gasteiger partial charge < -0.3 is 18.9 Å². The Bertz CT molecular complexity index is 703. The molecule has 146 valence electrons. The SMILES string of the molecule is CCC(C)N(C(=O)Oc1cccc(OCC(OC)OC)c1)c1ccccc1. The molecule has 0 aliphatic rings. The van der Waals surface area contributed by atoms with E-state index in [1.807, 2.05) is 44.2 Å². The number of nitrogens with zero attached hydrogens (tertiary/aromatic N) is 1. The lowest BCUT2D eigenvalue weighted by Gasteiger charge is -2.27. The molecule has 0 aliphatic heterocycles. The Morgan fingerprint density at radius 2 is 1.67 bits per heavy atom. The Morgan fingerprint density at radius 3 is 2.30 bits per heavy atom. The number of carbonyl (C=O) groups is 1. The van der Waals surface area contributed by atoms with E-state index in [4.69, 9.17) is 18.9 Å². The number of hydrogen-bond acceptors (Lipinski definition) is 5. The van der Waals surface area contributed by atoms with E-state index in [2.05, 4.69) is 0 Å². The van der Waals surface area contributed by atoms with Crippen LogP contribution in [0, 0.1) is 0 Å². The van der Waals surface area contributed by atoms with Gasteiger partial charge in [0.25, 0.3) is 0 Å². The van der Waals surface area contributed by atoms with Gasteiger partial charge in [-0.1, -0.05) is 31.2 Å². The van der Waals surface area contributed by atoms with E-state index in [-0.39, 0.29) is 12.6 Å². The van der Waals surface area contributed by atoms with Crippen molar-refractivity contribution in [3.05, 3.63) is 54.6 Å². The van der Waals surface area contributed by atoms with Crippen LogP contribution in [-0.4, -0.2) is 39.3 Å². The number of carbonyl (C=O) groups excluding carboxylic acids is 1. The number of ether oxygens (including phenoxy) is 4. The van der Waals surface area contributed by atoms with Crippen molar-refractivity contribution < 1.29 is 23.7 Å². The zero-order valence-electron chi connectivity index (χ0n) is 16.3. The number of methoxy groups -OCH3 is 2. The molecule has 1 atom stereocenters. The molecule has 0 spiro atoms. The van der Waals surface area contributed by atoms with Crippen LogP contribution in [0.5, 0.6) is 11.5 Å². The molecule has 0 aliphatic carbocycles. The molecule has 6 nitrogen and oxygen atoms in total. The summed E-state index contributed by atoms with van der Waals surface area (Å²) in [5.41, 5.74) is 0.798. The van der Waals surface area contributed by atoms with Crippen LogP contribution in [-0.2, 0) is 9.47 Å². The first-order chi connectivity index (χ1) is 13.1. The van der Waals surface area contributed by atoms with E-state index in [9.17, 15) is 4.79 Å². The third-order valence-electron chi connectivity index (χ3n) is 4.19. The van der Waals surface area contributed by atoms with Gasteiger partial charge in [0.2, 0.25) is 0 Å². The Labute approximate surface area is 160 Å². The fraction of sp³-hybridized carbons (Fsp3) is 0.381. The van der Waals surface area contributed by atoms with Crippen LogP contribution < -0.4 is 14.4 Å². The van der Waals surface area contributed by atoms with Crippen molar-refractivity contribution in [2.45, 2.75) is 32.6 Å². The van der Waals surface area contributed by atoms with E-state index in [1.165, 1.54) is 0 Å². The molecule has 1 unspecified atom stereocenters. The summed E-state index contributed by atoms with van der Waals surface area (Å²) in [6.45, 7) is 4.25. The van der Waals surface area contributed by atoms with Crippen LogP contribution >= 0.6 is 0 Å². The molecule has 6 heteroatoms. The standard InChI is InChI=1S/C21H27NO5/c1-5-16(2)22(17-10-7-6-8-11-17)21(23)27-19-13-9-12-18(14-19)26-15-20(24-3)25-4/h6-14,16,20H,5,15H2,1-4H3. The summed E-state index contributed by atoms with van der Waals surface area (Å²) in [6.07, 6.45) is -0.0858. The average molecular weight is 373 g/mol. The molecule has 0 saturated heterocycles. The first kappa shape index (κ1) is 20.7. The quantitative estimate of drug-likeness (QED) is 0.606. The number of anilines is 1. The predicted molar refractivity (Wildman–Crippen MR) is 104 cm³/mol. The van der Waals surface area contributed by atoms with E-state index in [0.29, 0.717) is 11.5 Å². The van der Waals surface area contributed by atoms with Crippen molar-refractivity contribution in [2.75, 3.05) is 25.7 Å². The highest BCUT2D eigenvalue weighted by Gasteiger charge is 2.23. The number of rotatable bonds is 9. The van der Waals surface area contributed by atoms with Crippen molar-refractivity contribution in [1.29, 1.82) is 0 Å². The molecular formula is C21H27NO5. The van der Waals surface area contributed by atoms with Crippen molar-refractivity contribution in [3.63, 3.8) is 0 Å². The van der Waals surface area contributed by atoms with Crippen molar-refractivity contribution in [2.24, 2.45) is 0 Å². The largest absolute Gasteiger partial charge is 0.488 e. The van der Waals surface area contributed by atoms with Gasteiger partial charge in [0.05, 0.1) is 0 Å². The lowest BCUT2D eigenvalue weighted by Crippen LogP contribution is -2.40. The Morgan fingerprint density at radius 1 is 1.00 bits per heavy atom. The van der Waals surface area contributed by atoms with Gasteiger partial charge in [-0.15, -0.1) is 0 Å². The molecule has 2 aromatic rings. The molecule has 0 fully saturated rings. The van der Waals surface area contributed by atoms with Crippen molar-refractivity contribution >= 4 is 11.8 Å². The van der Waals surface area contributed by atoms with Crippen LogP contribution in [0.25, 0.3) is 0 Å². The van der Waals surface area contributed by atoms with E-state index >= 15 is 0 Å². The second-order valence-corrected chi connectivity index (χ2v) is 6.02. The van der Waals surface area contributed by atoms with E-state index in [0.717, 1.165) is 12.1 Å². The van der Waals surface area contributed by atoms with Gasteiger partial charge in [0, 0.05) is 32.0 Å². The van der Waals surface area contributed by atoms with Gasteiger partial charge in [-0.25, -0.2) is 4.79 Å². The zero-order chi connectivity index (χ0) is 19.6. The Kier molecular flexibility index (Phi) is 8.10. The van der Waals surface area contributed by atoms with Gasteiger partial charge in [0.1, 0.15) is 18.1 Å². The molecular weight excluding hydrogens is 346 g/mol. The summed E-state index contributed by atoms with van der Waals surface area (Å²) in [5.74, 6) is 0.974. The summed E-state index contributed by atoms with van der Waals surface area (Å²) >= 11 is 0. The molecule has 0 heterocycles. The number of para-hydroxylation sites is 1. The van der Waals surface area contributed by atoms with E-state index < -0.39 is 12.4 Å². The summed E-state index contributed by atoms with van der Waals surface area (Å²) in [6, 6.07) is 16.4. The summed E-state index contributed by atoms with van der Waals surface area (Å²) in [7, 11) is 3.09. The first-order valence-electron chi connectivity index (χ1n) is 8.93. The molecule has 2 aromatic carbocycles. The average Bonchev–Trinajstić information content (AvgIpc) is 2.70. The monoisotopic (exact) mass is 373 g/mol. The second-order valence-electron chi connectivity index (χ2n) is 6.02. The van der Waals surface area contributed by atoms with Gasteiger partial charge in [-0.05, 0) is 37.6 Å². The highest BCUT2D eigenvalue weighted by Crippen LogP contribution is 2.24. The maximum Gasteiger partial charge on any atom is 0.420 e. The van der Waals surface area contributed by atoms with Crippen LogP contribution in [0.15, 0.2) is 54.6 Å². The normalized spacial score (nSPS) is 11.9. The van der Waals surface area contributed by atoms with Crippen LogP contribution in [0.2, 0.25) is 0 Å². The first-order valence-corrected chi connectivity index (χ1v) is 8.93. The van der Waals surface area contributed by atoms with Gasteiger partial charge in [-0.2, -0.15) is 0 Å². The highest BCUT2D eigenvalue weighted by molar-refractivity contribution is 5.89. The molecule has 0 radical (unpaired) electrons. The van der Waals surface area contributed by atoms with Crippen LogP contribution in [0.1, 0.15) is 20.3 Å². The van der Waals surface area contributed by atoms with Crippen LogP contribution in [0.4, 0.5) is 10.5 Å². The molecule has 2 rings (SSSR count). The zero-order valence-corrected chi connectivity index (χ0v) is 16.3. The molecule has 27 heavy (non-hydrogen) atoms. The fourth-order valence-corrected chi connectivity index (χ4v) is 2.49. The minimum Gasteiger partial charge on any atom is -0.488 e. The number of hydrogen-bond donors (Lipinski definition) is 0. The summed E-state index contributed by atoms with van der Waals surface area (Å²) < 4.78 is 21.4. The second kappa shape index (κ2) is 10.5. The maximum absolute atomic E-state index is 12.8. The topological polar surface area (TPSA) is 57.2 Å². The molecule has 0 aromatic heterocycles. The predicted octanol–water partition coefficient (Wildman–Crippen LogP) is 4.49. The highest BCUT2D eigenvalue weighted by atomic mass is 16.7. The van der Waals surface area contributed by atoms with E-state index in [1.54, 1.807) is 43.4 Å². The molecule has 0 bridgehead atoms. The van der Waals surface area contributed by atoms with Gasteiger partial charge in [0.15, 0.2) is 6.29 Å².